The number of aliphatic hydroxyl groups excluding tert-OH is 2. The Morgan fingerprint density at radius 2 is 1.41 bits per heavy atom. The molecule has 0 aromatic heterocycles. The van der Waals surface area contributed by atoms with Gasteiger partial charge in [0.05, 0.1) is 37.7 Å². The number of rotatable bonds is 0. The molecule has 13 heteroatoms. The third-order valence-corrected chi connectivity index (χ3v) is 7.60. The van der Waals surface area contributed by atoms with Crippen LogP contribution >= 0.6 is 15.2 Å². The highest BCUT2D eigenvalue weighted by Crippen LogP contribution is 2.49. The van der Waals surface area contributed by atoms with E-state index in [0.717, 1.165) is 0 Å². The van der Waals surface area contributed by atoms with Gasteiger partial charge >= 0.3 is 15.2 Å². The van der Waals surface area contributed by atoms with Crippen LogP contribution in [0.4, 0.5) is 0 Å². The normalized spacial score (nSPS) is 55.0. The number of hydrogen-bond acceptors (Lipinski definition) is 9. The molecule has 4 bridgehead atoms. The molecule has 3 heterocycles. The monoisotopic (exact) mass is 432 g/mol. The number of fused-ring (bicyclic) bond motifs is 4. The van der Waals surface area contributed by atoms with Gasteiger partial charge in [0.15, 0.2) is 0 Å². The minimum absolute atomic E-state index is 0.367. The van der Waals surface area contributed by atoms with Crippen molar-refractivity contribution in [2.24, 2.45) is 5.92 Å². The van der Waals surface area contributed by atoms with E-state index in [2.05, 4.69) is 0 Å². The Morgan fingerprint density at radius 3 is 2.07 bits per heavy atom. The summed E-state index contributed by atoms with van der Waals surface area (Å²) in [7, 11) is -8.29. The molecule has 0 aromatic rings. The maximum absolute atomic E-state index is 12.4. The first-order valence-electron chi connectivity index (χ1n) is 8.70. The lowest BCUT2D eigenvalue weighted by Crippen LogP contribution is -2.36. The zero-order chi connectivity index (χ0) is 20.0. The zero-order valence-corrected chi connectivity index (χ0v) is 16.8. The molecule has 3 aliphatic heterocycles. The highest BCUT2D eigenvalue weighted by atomic mass is 31.2. The summed E-state index contributed by atoms with van der Waals surface area (Å²) in [5, 5.41) is 20.7. The Kier molecular flexibility index (Phi) is 6.53. The topological polar surface area (TPSA) is 161 Å². The molecule has 3 fully saturated rings. The quantitative estimate of drug-likeness (QED) is 0.371. The molecular formula is C14H26O11P2. The number of hydrogen-bond donors (Lipinski definition) is 4. The summed E-state index contributed by atoms with van der Waals surface area (Å²) in [4.78, 5) is 20.1. The molecular weight excluding hydrogens is 406 g/mol. The van der Waals surface area contributed by atoms with Crippen molar-refractivity contribution in [2.45, 2.75) is 56.6 Å². The first kappa shape index (κ1) is 21.8. The lowest BCUT2D eigenvalue weighted by atomic mass is 9.99. The van der Waals surface area contributed by atoms with Crippen LogP contribution in [0.15, 0.2) is 0 Å². The fourth-order valence-electron chi connectivity index (χ4n) is 3.62. The summed E-state index contributed by atoms with van der Waals surface area (Å²) in [5.41, 5.74) is 0. The van der Waals surface area contributed by atoms with Gasteiger partial charge in [0, 0.05) is 5.92 Å². The Hall–Kier alpha value is 0.1000. The fourth-order valence-corrected chi connectivity index (χ4v) is 5.96. The predicted octanol–water partition coefficient (Wildman–Crippen LogP) is -0.341. The van der Waals surface area contributed by atoms with Crippen molar-refractivity contribution < 1.29 is 52.4 Å². The van der Waals surface area contributed by atoms with Gasteiger partial charge in [-0.25, -0.2) is 0 Å². The van der Waals surface area contributed by atoms with Gasteiger partial charge in [-0.2, -0.15) is 0 Å². The molecule has 4 N–H and O–H groups in total. The third-order valence-electron chi connectivity index (χ3n) is 5.13. The van der Waals surface area contributed by atoms with Crippen LogP contribution in [0.25, 0.3) is 0 Å². The molecule has 158 valence electrons. The average molecular weight is 432 g/mol. The molecule has 3 saturated heterocycles. The van der Waals surface area contributed by atoms with Crippen LogP contribution < -0.4 is 0 Å². The summed E-state index contributed by atoms with van der Waals surface area (Å²) < 4.78 is 51.0. The summed E-state index contributed by atoms with van der Waals surface area (Å²) in [5.74, 6) is -0.727. The van der Waals surface area contributed by atoms with E-state index in [4.69, 9.17) is 23.3 Å². The predicted molar refractivity (Wildman–Crippen MR) is 90.3 cm³/mol. The molecule has 0 saturated carbocycles. The van der Waals surface area contributed by atoms with Crippen molar-refractivity contribution in [1.82, 2.24) is 0 Å². The van der Waals surface area contributed by atoms with E-state index in [0.29, 0.717) is 0 Å². The van der Waals surface area contributed by atoms with Gasteiger partial charge in [-0.15, -0.1) is 0 Å². The van der Waals surface area contributed by atoms with Gasteiger partial charge in [0.1, 0.15) is 30.8 Å². The van der Waals surface area contributed by atoms with Crippen LogP contribution in [0.5, 0.6) is 0 Å². The lowest BCUT2D eigenvalue weighted by Gasteiger charge is -2.22. The van der Waals surface area contributed by atoms with Crippen LogP contribution in [0.1, 0.15) is 13.8 Å². The molecule has 3 rings (SSSR count). The molecule has 27 heavy (non-hydrogen) atoms. The Balaban J connectivity index is 1.81. The molecule has 10 unspecified atom stereocenters. The van der Waals surface area contributed by atoms with Gasteiger partial charge in [0.2, 0.25) is 0 Å². The van der Waals surface area contributed by atoms with Crippen LogP contribution in [-0.4, -0.2) is 88.5 Å². The van der Waals surface area contributed by atoms with Gasteiger partial charge in [0.25, 0.3) is 0 Å². The Labute approximate surface area is 156 Å². The average Bonchev–Trinajstić information content (AvgIpc) is 2.99. The SMILES string of the molecule is CC1OC2COP(=O)(O)COC3C(C)OC(COP(=O)(O)CC1C2O)C3O. The first-order chi connectivity index (χ1) is 12.5. The Morgan fingerprint density at radius 1 is 0.852 bits per heavy atom. The van der Waals surface area contributed by atoms with E-state index in [1.54, 1.807) is 13.8 Å². The molecule has 10 atom stereocenters. The molecule has 0 amide bonds. The molecule has 0 aromatic carbocycles. The van der Waals surface area contributed by atoms with E-state index in [9.17, 15) is 29.1 Å². The number of ether oxygens (including phenoxy) is 3. The van der Waals surface area contributed by atoms with Gasteiger partial charge in [-0.3, -0.25) is 9.13 Å². The van der Waals surface area contributed by atoms with Crippen molar-refractivity contribution in [3.63, 3.8) is 0 Å². The maximum Gasteiger partial charge on any atom is 0.353 e. The first-order valence-corrected chi connectivity index (χ1v) is 12.2. The van der Waals surface area contributed by atoms with E-state index in [1.807, 2.05) is 0 Å². The Bertz CT molecular complexity index is 630. The van der Waals surface area contributed by atoms with Crippen LogP contribution in [0, 0.1) is 5.92 Å². The molecule has 0 radical (unpaired) electrons. The second-order valence-corrected chi connectivity index (χ2v) is 10.9. The molecule has 0 aliphatic carbocycles. The standard InChI is InChI=1S/C14H26O11P2/c1-7-9-5-26(17,18)22-4-11-13(16)14(8(2)25-11)21-6-27(19,20)23-3-10(24-7)12(9)15/h7-16H,3-6H2,1-2H3,(H,17,18)(H,19,20). The van der Waals surface area contributed by atoms with Crippen molar-refractivity contribution >= 4 is 15.2 Å². The fraction of sp³-hybridized carbons (Fsp3) is 1.00. The molecule has 0 spiro atoms. The smallest absolute Gasteiger partial charge is 0.353 e. The van der Waals surface area contributed by atoms with Crippen molar-refractivity contribution in [2.75, 3.05) is 25.7 Å². The van der Waals surface area contributed by atoms with Crippen molar-refractivity contribution in [3.05, 3.63) is 0 Å². The highest BCUT2D eigenvalue weighted by molar-refractivity contribution is 7.53. The van der Waals surface area contributed by atoms with Crippen molar-refractivity contribution in [3.8, 4) is 0 Å². The second kappa shape index (κ2) is 8.08. The largest absolute Gasteiger partial charge is 0.390 e. The van der Waals surface area contributed by atoms with Crippen LogP contribution in [0.2, 0.25) is 0 Å². The molecule has 11 nitrogen and oxygen atoms in total. The minimum atomic E-state index is -4.18. The maximum atomic E-state index is 12.4. The van der Waals surface area contributed by atoms with Crippen molar-refractivity contribution in [1.29, 1.82) is 0 Å². The summed E-state index contributed by atoms with van der Waals surface area (Å²) in [6.45, 7) is 2.46. The van der Waals surface area contributed by atoms with E-state index in [1.165, 1.54) is 0 Å². The van der Waals surface area contributed by atoms with E-state index < -0.39 is 76.8 Å². The van der Waals surface area contributed by atoms with Crippen LogP contribution in [-0.2, 0) is 32.4 Å². The lowest BCUT2D eigenvalue weighted by molar-refractivity contribution is -0.0293. The minimum Gasteiger partial charge on any atom is -0.390 e. The van der Waals surface area contributed by atoms with E-state index in [-0.39, 0.29) is 12.8 Å². The number of aliphatic hydroxyl groups is 2. The van der Waals surface area contributed by atoms with Gasteiger partial charge < -0.3 is 43.3 Å². The third kappa shape index (κ3) is 4.99. The van der Waals surface area contributed by atoms with Gasteiger partial charge in [-0.05, 0) is 13.8 Å². The summed E-state index contributed by atoms with van der Waals surface area (Å²) in [6.07, 6.45) is -7.45. The molecule has 3 aliphatic rings. The van der Waals surface area contributed by atoms with E-state index >= 15 is 0 Å². The zero-order valence-electron chi connectivity index (χ0n) is 15.0. The van der Waals surface area contributed by atoms with Gasteiger partial charge in [-0.1, -0.05) is 0 Å². The highest BCUT2D eigenvalue weighted by Gasteiger charge is 2.48. The summed E-state index contributed by atoms with van der Waals surface area (Å²) in [6, 6.07) is 0. The summed E-state index contributed by atoms with van der Waals surface area (Å²) >= 11 is 0. The second-order valence-electron chi connectivity index (χ2n) is 7.21. The van der Waals surface area contributed by atoms with Crippen LogP contribution in [0.3, 0.4) is 0 Å².